The van der Waals surface area contributed by atoms with E-state index in [-0.39, 0.29) is 11.9 Å². The van der Waals surface area contributed by atoms with E-state index in [1.165, 1.54) is 23.5 Å². The molecule has 0 radical (unpaired) electrons. The first-order valence-corrected chi connectivity index (χ1v) is 7.72. The van der Waals surface area contributed by atoms with Crippen LogP contribution in [0, 0.1) is 5.82 Å². The van der Waals surface area contributed by atoms with Gasteiger partial charge in [0, 0.05) is 11.6 Å². The second-order valence-electron chi connectivity index (χ2n) is 4.85. The molecule has 1 atom stereocenters. The fourth-order valence-electron chi connectivity index (χ4n) is 2.04. The Hall–Kier alpha value is -2.31. The first kappa shape index (κ1) is 14.6. The number of pyridine rings is 1. The molecular formula is C16H15FN4S. The summed E-state index contributed by atoms with van der Waals surface area (Å²) >= 11 is 1.48. The molecule has 0 aliphatic rings. The Kier molecular flexibility index (Phi) is 4.41. The van der Waals surface area contributed by atoms with Crippen LogP contribution in [0.2, 0.25) is 0 Å². The van der Waals surface area contributed by atoms with E-state index >= 15 is 0 Å². The molecule has 0 aliphatic heterocycles. The fourth-order valence-corrected chi connectivity index (χ4v) is 2.82. The smallest absolute Gasteiger partial charge is 0.188 e. The summed E-state index contributed by atoms with van der Waals surface area (Å²) in [5.74, 6) is 0.503. The standard InChI is InChI=1S/C16H15FN4S/c17-12-6-4-11(5-7-12)9-13(18)14-10-22-16(20-14)21-15-3-1-2-8-19-15/h1-8,10,13H,9,18H2,(H,19,20,21). The molecule has 0 spiro atoms. The third-order valence-electron chi connectivity index (χ3n) is 3.17. The van der Waals surface area contributed by atoms with Crippen molar-refractivity contribution < 1.29 is 4.39 Å². The highest BCUT2D eigenvalue weighted by molar-refractivity contribution is 7.13. The largest absolute Gasteiger partial charge is 0.322 e. The van der Waals surface area contributed by atoms with Crippen LogP contribution in [0.25, 0.3) is 0 Å². The Morgan fingerprint density at radius 2 is 2.00 bits per heavy atom. The molecule has 2 aromatic heterocycles. The predicted octanol–water partition coefficient (Wildman–Crippen LogP) is 3.66. The Morgan fingerprint density at radius 3 is 2.73 bits per heavy atom. The van der Waals surface area contributed by atoms with E-state index in [1.54, 1.807) is 18.3 Å². The number of nitrogens with one attached hydrogen (secondary N) is 1. The average molecular weight is 314 g/mol. The third kappa shape index (κ3) is 3.66. The second-order valence-corrected chi connectivity index (χ2v) is 5.71. The van der Waals surface area contributed by atoms with Crippen molar-refractivity contribution in [3.63, 3.8) is 0 Å². The highest BCUT2D eigenvalue weighted by atomic mass is 32.1. The van der Waals surface area contributed by atoms with Gasteiger partial charge in [-0.15, -0.1) is 11.3 Å². The number of thiazole rings is 1. The number of nitrogens with zero attached hydrogens (tertiary/aromatic N) is 2. The number of nitrogens with two attached hydrogens (primary N) is 1. The highest BCUT2D eigenvalue weighted by Gasteiger charge is 2.12. The first-order valence-electron chi connectivity index (χ1n) is 6.84. The first-order chi connectivity index (χ1) is 10.7. The summed E-state index contributed by atoms with van der Waals surface area (Å²) in [4.78, 5) is 8.68. The summed E-state index contributed by atoms with van der Waals surface area (Å²) in [7, 11) is 0. The van der Waals surface area contributed by atoms with Crippen LogP contribution < -0.4 is 11.1 Å². The minimum Gasteiger partial charge on any atom is -0.322 e. The minimum atomic E-state index is -0.243. The Morgan fingerprint density at radius 1 is 1.18 bits per heavy atom. The molecule has 1 aromatic carbocycles. The zero-order chi connectivity index (χ0) is 15.4. The summed E-state index contributed by atoms with van der Waals surface area (Å²) in [6.07, 6.45) is 2.34. The number of benzene rings is 1. The van der Waals surface area contributed by atoms with E-state index in [0.29, 0.717) is 6.42 Å². The van der Waals surface area contributed by atoms with Crippen molar-refractivity contribution in [1.29, 1.82) is 0 Å². The van der Waals surface area contributed by atoms with Crippen LogP contribution in [0.4, 0.5) is 15.3 Å². The quantitative estimate of drug-likeness (QED) is 0.754. The molecule has 22 heavy (non-hydrogen) atoms. The van der Waals surface area contributed by atoms with E-state index in [4.69, 9.17) is 5.73 Å². The molecule has 2 heterocycles. The maximum atomic E-state index is 12.9. The van der Waals surface area contributed by atoms with Crippen molar-refractivity contribution in [2.24, 2.45) is 5.73 Å². The summed E-state index contributed by atoms with van der Waals surface area (Å²) < 4.78 is 12.9. The van der Waals surface area contributed by atoms with Crippen molar-refractivity contribution in [2.75, 3.05) is 5.32 Å². The average Bonchev–Trinajstić information content (AvgIpc) is 2.99. The topological polar surface area (TPSA) is 63.8 Å². The third-order valence-corrected chi connectivity index (χ3v) is 3.95. The van der Waals surface area contributed by atoms with Crippen molar-refractivity contribution in [3.05, 3.63) is 71.1 Å². The van der Waals surface area contributed by atoms with Crippen LogP contribution in [0.3, 0.4) is 0 Å². The van der Waals surface area contributed by atoms with E-state index in [9.17, 15) is 4.39 Å². The van der Waals surface area contributed by atoms with E-state index in [1.807, 2.05) is 23.6 Å². The summed E-state index contributed by atoms with van der Waals surface area (Å²) in [5, 5.41) is 5.82. The molecule has 1 unspecified atom stereocenters. The molecule has 0 saturated heterocycles. The summed E-state index contributed by atoms with van der Waals surface area (Å²) in [6.45, 7) is 0. The van der Waals surface area contributed by atoms with Gasteiger partial charge in [0.15, 0.2) is 5.13 Å². The number of hydrogen-bond donors (Lipinski definition) is 2. The molecule has 0 bridgehead atoms. The molecule has 0 aliphatic carbocycles. The van der Waals surface area contributed by atoms with Crippen molar-refractivity contribution >= 4 is 22.3 Å². The molecule has 0 saturated carbocycles. The molecule has 3 aromatic rings. The molecular weight excluding hydrogens is 299 g/mol. The number of hydrogen-bond acceptors (Lipinski definition) is 5. The van der Waals surface area contributed by atoms with Gasteiger partial charge in [-0.2, -0.15) is 0 Å². The van der Waals surface area contributed by atoms with Crippen LogP contribution in [-0.2, 0) is 6.42 Å². The lowest BCUT2D eigenvalue weighted by molar-refractivity contribution is 0.625. The molecule has 112 valence electrons. The van der Waals surface area contributed by atoms with E-state index in [0.717, 1.165) is 22.2 Å². The lowest BCUT2D eigenvalue weighted by atomic mass is 10.0. The Balaban J connectivity index is 1.66. The van der Waals surface area contributed by atoms with Gasteiger partial charge in [0.1, 0.15) is 11.6 Å². The van der Waals surface area contributed by atoms with Crippen molar-refractivity contribution in [1.82, 2.24) is 9.97 Å². The van der Waals surface area contributed by atoms with Gasteiger partial charge in [0.2, 0.25) is 0 Å². The maximum Gasteiger partial charge on any atom is 0.188 e. The van der Waals surface area contributed by atoms with E-state index < -0.39 is 0 Å². The lowest BCUT2D eigenvalue weighted by Crippen LogP contribution is -2.13. The van der Waals surface area contributed by atoms with Gasteiger partial charge < -0.3 is 11.1 Å². The Bertz CT molecular complexity index is 727. The van der Waals surface area contributed by atoms with Crippen LogP contribution in [0.15, 0.2) is 54.0 Å². The van der Waals surface area contributed by atoms with Gasteiger partial charge in [0.25, 0.3) is 0 Å². The zero-order valence-corrected chi connectivity index (χ0v) is 12.6. The van der Waals surface area contributed by atoms with Gasteiger partial charge in [-0.05, 0) is 36.2 Å². The van der Waals surface area contributed by atoms with Gasteiger partial charge >= 0.3 is 0 Å². The molecule has 3 rings (SSSR count). The fraction of sp³-hybridized carbons (Fsp3) is 0.125. The summed E-state index contributed by atoms with van der Waals surface area (Å²) in [5.41, 5.74) is 7.98. The lowest BCUT2D eigenvalue weighted by Gasteiger charge is -2.08. The van der Waals surface area contributed by atoms with Gasteiger partial charge in [-0.3, -0.25) is 0 Å². The molecule has 4 nitrogen and oxygen atoms in total. The molecule has 0 fully saturated rings. The maximum absolute atomic E-state index is 12.9. The molecule has 6 heteroatoms. The van der Waals surface area contributed by atoms with Crippen LogP contribution in [-0.4, -0.2) is 9.97 Å². The SMILES string of the molecule is NC(Cc1ccc(F)cc1)c1csc(Nc2ccccn2)n1. The number of aromatic nitrogens is 2. The minimum absolute atomic E-state index is 0.221. The predicted molar refractivity (Wildman–Crippen MR) is 86.7 cm³/mol. The van der Waals surface area contributed by atoms with Crippen LogP contribution in [0.1, 0.15) is 17.3 Å². The molecule has 0 amide bonds. The second kappa shape index (κ2) is 6.64. The molecule has 3 N–H and O–H groups in total. The van der Waals surface area contributed by atoms with Crippen molar-refractivity contribution in [2.45, 2.75) is 12.5 Å². The number of rotatable bonds is 5. The van der Waals surface area contributed by atoms with E-state index in [2.05, 4.69) is 15.3 Å². The number of halogens is 1. The number of anilines is 2. The summed E-state index contributed by atoms with van der Waals surface area (Å²) in [6, 6.07) is 11.8. The van der Waals surface area contributed by atoms with Gasteiger partial charge in [-0.25, -0.2) is 14.4 Å². The van der Waals surface area contributed by atoms with Gasteiger partial charge in [-0.1, -0.05) is 18.2 Å². The van der Waals surface area contributed by atoms with Crippen molar-refractivity contribution in [3.8, 4) is 0 Å². The van der Waals surface area contributed by atoms with Gasteiger partial charge in [0.05, 0.1) is 11.7 Å². The highest BCUT2D eigenvalue weighted by Crippen LogP contribution is 2.24. The normalized spacial score (nSPS) is 12.1. The Labute approximate surface area is 131 Å². The monoisotopic (exact) mass is 314 g/mol. The van der Waals surface area contributed by atoms with Crippen LogP contribution >= 0.6 is 11.3 Å². The van der Waals surface area contributed by atoms with Crippen LogP contribution in [0.5, 0.6) is 0 Å². The zero-order valence-electron chi connectivity index (χ0n) is 11.7.